The summed E-state index contributed by atoms with van der Waals surface area (Å²) in [5.74, 6) is 0.870. The molecule has 21 heavy (non-hydrogen) atoms. The van der Waals surface area contributed by atoms with Crippen LogP contribution in [0.4, 0.5) is 0 Å². The van der Waals surface area contributed by atoms with Crippen molar-refractivity contribution in [3.63, 3.8) is 0 Å². The van der Waals surface area contributed by atoms with Crippen molar-refractivity contribution in [1.82, 2.24) is 14.5 Å². The molecule has 4 nitrogen and oxygen atoms in total. The van der Waals surface area contributed by atoms with Gasteiger partial charge in [-0.25, -0.2) is 9.97 Å². The van der Waals surface area contributed by atoms with Crippen molar-refractivity contribution in [3.05, 3.63) is 33.9 Å². The molecule has 0 radical (unpaired) electrons. The molecule has 0 saturated heterocycles. The van der Waals surface area contributed by atoms with Gasteiger partial charge in [0, 0.05) is 17.7 Å². The SMILES string of the molecule is Cn1c(-c2cnc(C(C)(C)C#N)s2)nc2c(Br)cccc21. The Labute approximate surface area is 135 Å². The third-order valence-corrected chi connectivity index (χ3v) is 5.36. The van der Waals surface area contributed by atoms with Crippen LogP contribution >= 0.6 is 27.3 Å². The number of para-hydroxylation sites is 1. The molecule has 1 aromatic carbocycles. The molecular formula is C15H13BrN4S. The summed E-state index contributed by atoms with van der Waals surface area (Å²) in [5, 5.41) is 10.0. The first-order valence-corrected chi connectivity index (χ1v) is 8.04. The molecule has 0 aliphatic rings. The van der Waals surface area contributed by atoms with Gasteiger partial charge in [0.15, 0.2) is 5.82 Å². The Morgan fingerprint density at radius 1 is 1.38 bits per heavy atom. The Kier molecular flexibility index (Phi) is 3.34. The molecule has 0 aliphatic heterocycles. The minimum atomic E-state index is -0.575. The van der Waals surface area contributed by atoms with Crippen LogP contribution in [-0.4, -0.2) is 14.5 Å². The van der Waals surface area contributed by atoms with Crippen LogP contribution in [0.2, 0.25) is 0 Å². The molecule has 0 unspecified atom stereocenters. The smallest absolute Gasteiger partial charge is 0.152 e. The van der Waals surface area contributed by atoms with Crippen LogP contribution in [0.5, 0.6) is 0 Å². The summed E-state index contributed by atoms with van der Waals surface area (Å²) in [7, 11) is 1.99. The lowest BCUT2D eigenvalue weighted by Gasteiger charge is -2.09. The number of aryl methyl sites for hydroxylation is 1. The fourth-order valence-electron chi connectivity index (χ4n) is 2.11. The van der Waals surface area contributed by atoms with Gasteiger partial charge in [-0.2, -0.15) is 5.26 Å². The summed E-state index contributed by atoms with van der Waals surface area (Å²) in [5.41, 5.74) is 1.42. The number of thiazole rings is 1. The number of fused-ring (bicyclic) bond motifs is 1. The van der Waals surface area contributed by atoms with Gasteiger partial charge in [0.1, 0.15) is 15.9 Å². The Morgan fingerprint density at radius 3 is 2.81 bits per heavy atom. The molecule has 2 heterocycles. The van der Waals surface area contributed by atoms with Gasteiger partial charge in [-0.1, -0.05) is 6.07 Å². The summed E-state index contributed by atoms with van der Waals surface area (Å²) in [6.07, 6.45) is 1.80. The average Bonchev–Trinajstić information content (AvgIpc) is 3.06. The fraction of sp³-hybridized carbons (Fsp3) is 0.267. The van der Waals surface area contributed by atoms with Crippen LogP contribution in [0, 0.1) is 11.3 Å². The van der Waals surface area contributed by atoms with E-state index < -0.39 is 5.41 Å². The highest BCUT2D eigenvalue weighted by Crippen LogP contribution is 2.34. The van der Waals surface area contributed by atoms with Crippen molar-refractivity contribution in [2.24, 2.45) is 7.05 Å². The summed E-state index contributed by atoms with van der Waals surface area (Å²) in [6, 6.07) is 8.30. The Balaban J connectivity index is 2.16. The van der Waals surface area contributed by atoms with Gasteiger partial charge >= 0.3 is 0 Å². The summed E-state index contributed by atoms with van der Waals surface area (Å²) >= 11 is 5.05. The molecule has 0 N–H and O–H groups in total. The number of hydrogen-bond donors (Lipinski definition) is 0. The molecule has 3 aromatic rings. The number of aromatic nitrogens is 3. The van der Waals surface area contributed by atoms with Gasteiger partial charge in [0.05, 0.1) is 16.5 Å². The first-order chi connectivity index (χ1) is 9.94. The first kappa shape index (κ1) is 14.2. The van der Waals surface area contributed by atoms with Crippen LogP contribution in [0.25, 0.3) is 21.7 Å². The maximum atomic E-state index is 9.22. The molecule has 0 atom stereocenters. The summed E-state index contributed by atoms with van der Waals surface area (Å²) in [4.78, 5) is 10.1. The second-order valence-corrected chi connectivity index (χ2v) is 7.25. The standard InChI is InChI=1S/C15H13BrN4S/c1-15(2,8-17)14-18-7-11(21-14)13-19-12-9(16)5-4-6-10(12)20(13)3/h4-7H,1-3H3. The number of halogens is 1. The van der Waals surface area contributed by atoms with E-state index in [4.69, 9.17) is 4.98 Å². The van der Waals surface area contributed by atoms with E-state index in [-0.39, 0.29) is 0 Å². The maximum Gasteiger partial charge on any atom is 0.152 e. The summed E-state index contributed by atoms with van der Waals surface area (Å²) < 4.78 is 3.03. The molecule has 0 spiro atoms. The molecule has 0 amide bonds. The predicted molar refractivity (Wildman–Crippen MR) is 88.2 cm³/mol. The van der Waals surface area contributed by atoms with Crippen LogP contribution in [0.1, 0.15) is 18.9 Å². The van der Waals surface area contributed by atoms with E-state index in [9.17, 15) is 5.26 Å². The van der Waals surface area contributed by atoms with Crippen molar-refractivity contribution >= 4 is 38.3 Å². The molecule has 0 fully saturated rings. The van der Waals surface area contributed by atoms with Gasteiger partial charge in [0.25, 0.3) is 0 Å². The Bertz CT molecular complexity index is 870. The van der Waals surface area contributed by atoms with E-state index in [2.05, 4.69) is 31.6 Å². The molecule has 0 saturated carbocycles. The third kappa shape index (κ3) is 2.27. The number of imidazole rings is 1. The topological polar surface area (TPSA) is 54.5 Å². The zero-order valence-corrected chi connectivity index (χ0v) is 14.3. The van der Waals surface area contributed by atoms with Crippen molar-refractivity contribution in [2.45, 2.75) is 19.3 Å². The Morgan fingerprint density at radius 2 is 2.14 bits per heavy atom. The largest absolute Gasteiger partial charge is 0.326 e. The van der Waals surface area contributed by atoms with Crippen LogP contribution < -0.4 is 0 Å². The second kappa shape index (κ2) is 4.93. The van der Waals surface area contributed by atoms with Crippen molar-refractivity contribution in [1.29, 1.82) is 5.26 Å². The zero-order valence-electron chi connectivity index (χ0n) is 11.9. The fourth-order valence-corrected chi connectivity index (χ4v) is 3.55. The molecule has 3 rings (SSSR count). The van der Waals surface area contributed by atoms with E-state index in [1.807, 2.05) is 39.1 Å². The van der Waals surface area contributed by atoms with Gasteiger partial charge in [0.2, 0.25) is 0 Å². The van der Waals surface area contributed by atoms with Crippen molar-refractivity contribution in [2.75, 3.05) is 0 Å². The van der Waals surface area contributed by atoms with E-state index in [0.717, 1.165) is 31.2 Å². The van der Waals surface area contributed by atoms with Gasteiger partial charge in [-0.05, 0) is 41.9 Å². The highest BCUT2D eigenvalue weighted by atomic mass is 79.9. The average molecular weight is 361 g/mol. The molecular weight excluding hydrogens is 348 g/mol. The monoisotopic (exact) mass is 360 g/mol. The molecule has 6 heteroatoms. The number of nitrogens with zero attached hydrogens (tertiary/aromatic N) is 4. The quantitative estimate of drug-likeness (QED) is 0.685. The Hall–Kier alpha value is -1.71. The van der Waals surface area contributed by atoms with E-state index in [1.165, 1.54) is 11.3 Å². The third-order valence-electron chi connectivity index (χ3n) is 3.40. The highest BCUT2D eigenvalue weighted by Gasteiger charge is 2.25. The van der Waals surface area contributed by atoms with E-state index >= 15 is 0 Å². The minimum Gasteiger partial charge on any atom is -0.326 e. The van der Waals surface area contributed by atoms with Crippen molar-refractivity contribution < 1.29 is 0 Å². The lowest BCUT2D eigenvalue weighted by molar-refractivity contribution is 0.680. The lowest BCUT2D eigenvalue weighted by Crippen LogP contribution is -2.12. The van der Waals surface area contributed by atoms with Crippen LogP contribution in [0.15, 0.2) is 28.9 Å². The molecule has 0 bridgehead atoms. The van der Waals surface area contributed by atoms with Crippen LogP contribution in [0.3, 0.4) is 0 Å². The number of hydrogen-bond acceptors (Lipinski definition) is 4. The van der Waals surface area contributed by atoms with Gasteiger partial charge in [-0.15, -0.1) is 11.3 Å². The lowest BCUT2D eigenvalue weighted by atomic mass is 9.97. The molecule has 2 aromatic heterocycles. The molecule has 106 valence electrons. The normalized spacial score (nSPS) is 11.8. The van der Waals surface area contributed by atoms with Crippen LogP contribution in [-0.2, 0) is 12.5 Å². The number of nitriles is 1. The van der Waals surface area contributed by atoms with E-state index in [1.54, 1.807) is 6.20 Å². The van der Waals surface area contributed by atoms with Gasteiger partial charge < -0.3 is 4.57 Å². The predicted octanol–water partition coefficient (Wildman–Crippen LogP) is 4.26. The van der Waals surface area contributed by atoms with E-state index in [0.29, 0.717) is 0 Å². The second-order valence-electron chi connectivity index (χ2n) is 5.37. The first-order valence-electron chi connectivity index (χ1n) is 6.43. The maximum absolute atomic E-state index is 9.22. The summed E-state index contributed by atoms with van der Waals surface area (Å²) in [6.45, 7) is 3.75. The molecule has 0 aliphatic carbocycles. The minimum absolute atomic E-state index is 0.575. The number of benzene rings is 1. The number of rotatable bonds is 2. The van der Waals surface area contributed by atoms with Crippen molar-refractivity contribution in [3.8, 4) is 16.8 Å². The highest BCUT2D eigenvalue weighted by molar-refractivity contribution is 9.10. The van der Waals surface area contributed by atoms with Gasteiger partial charge in [-0.3, -0.25) is 0 Å². The zero-order chi connectivity index (χ0) is 15.2.